The molecule has 0 saturated carbocycles. The van der Waals surface area contributed by atoms with Gasteiger partial charge in [0.25, 0.3) is 0 Å². The van der Waals surface area contributed by atoms with Gasteiger partial charge in [-0.05, 0) is 148 Å². The van der Waals surface area contributed by atoms with Crippen LogP contribution in [0.4, 0.5) is 0 Å². The molecule has 0 fully saturated rings. The first kappa shape index (κ1) is 45.0. The third kappa shape index (κ3) is 8.11. The van der Waals surface area contributed by atoms with Crippen molar-refractivity contribution in [3.63, 3.8) is 0 Å². The van der Waals surface area contributed by atoms with E-state index in [2.05, 4.69) is 253 Å². The number of benzene rings is 6. The van der Waals surface area contributed by atoms with E-state index in [1.807, 2.05) is 0 Å². The fourth-order valence-corrected chi connectivity index (χ4v) is 9.74. The zero-order valence-electron chi connectivity index (χ0n) is 41.6. The summed E-state index contributed by atoms with van der Waals surface area (Å²) in [6.07, 6.45) is 0. The Morgan fingerprint density at radius 3 is 0.873 bits per heavy atom. The van der Waals surface area contributed by atoms with E-state index in [4.69, 9.17) is 0 Å². The molecule has 328 valence electrons. The zero-order chi connectivity index (χ0) is 46.1. The van der Waals surface area contributed by atoms with E-state index in [0.29, 0.717) is 0 Å². The highest BCUT2D eigenvalue weighted by Crippen LogP contribution is 2.46. The Bertz CT molecular complexity index is 2930. The van der Waals surface area contributed by atoms with Crippen LogP contribution in [-0.4, -0.2) is 9.13 Å². The lowest BCUT2D eigenvalue weighted by atomic mass is 9.78. The topological polar surface area (TPSA) is 9.86 Å². The van der Waals surface area contributed by atoms with Crippen molar-refractivity contribution < 1.29 is 0 Å². The van der Waals surface area contributed by atoms with Gasteiger partial charge in [0.1, 0.15) is 0 Å². The molecule has 8 rings (SSSR count). The minimum atomic E-state index is -0.0340. The fourth-order valence-electron chi connectivity index (χ4n) is 9.22. The van der Waals surface area contributed by atoms with Crippen molar-refractivity contribution in [1.29, 1.82) is 0 Å². The number of hydrogen-bond donors (Lipinski definition) is 0. The number of aromatic nitrogens is 2. The van der Waals surface area contributed by atoms with Gasteiger partial charge in [-0.15, -0.1) is 0 Å². The molecule has 0 radical (unpaired) electrons. The molecule has 0 aliphatic carbocycles. The van der Waals surface area contributed by atoms with E-state index >= 15 is 0 Å². The normalized spacial score (nSPS) is 13.6. The minimum absolute atomic E-state index is 0.00713. The van der Waals surface area contributed by atoms with Gasteiger partial charge in [0.2, 0.25) is 0 Å². The van der Waals surface area contributed by atoms with Crippen molar-refractivity contribution >= 4 is 59.5 Å². The van der Waals surface area contributed by atoms with Crippen LogP contribution in [0.15, 0.2) is 108 Å². The monoisotopic (exact) mass is 898 g/mol. The van der Waals surface area contributed by atoms with E-state index in [1.165, 1.54) is 93.8 Å². The van der Waals surface area contributed by atoms with Gasteiger partial charge in [-0.3, -0.25) is 0 Å². The van der Waals surface area contributed by atoms with E-state index in [9.17, 15) is 0 Å². The molecule has 6 aromatic carbocycles. The Balaban J connectivity index is 1.56. The molecular weight excluding hydrogens is 829 g/mol. The van der Waals surface area contributed by atoms with Crippen LogP contribution in [0.2, 0.25) is 0 Å². The first-order valence-corrected chi connectivity index (χ1v) is 23.9. The maximum Gasteiger partial charge on any atom is 0.0625 e. The molecule has 0 atom stereocenters. The first-order chi connectivity index (χ1) is 28.9. The second kappa shape index (κ2) is 14.7. The molecule has 2 nitrogen and oxygen atoms in total. The molecule has 0 unspecified atom stereocenters. The van der Waals surface area contributed by atoms with Gasteiger partial charge in [-0.25, -0.2) is 0 Å². The molecule has 0 saturated heterocycles. The van der Waals surface area contributed by atoms with Crippen LogP contribution in [0.25, 0.3) is 66.1 Å². The Labute approximate surface area is 387 Å². The summed E-state index contributed by atoms with van der Waals surface area (Å²) in [5.41, 5.74) is 17.6. The molecule has 0 aliphatic rings. The van der Waals surface area contributed by atoms with Gasteiger partial charge < -0.3 is 9.13 Å². The lowest BCUT2D eigenvalue weighted by Crippen LogP contribution is -2.16. The predicted molar refractivity (Wildman–Crippen MR) is 280 cm³/mol. The molecule has 2 aromatic heterocycles. The van der Waals surface area contributed by atoms with Gasteiger partial charge >= 0.3 is 0 Å². The minimum Gasteiger partial charge on any atom is -0.309 e. The van der Waals surface area contributed by atoms with Crippen LogP contribution >= 0.6 is 15.9 Å². The van der Waals surface area contributed by atoms with Crippen molar-refractivity contribution in [1.82, 2.24) is 9.13 Å². The Hall–Kier alpha value is -4.60. The van der Waals surface area contributed by atoms with E-state index in [-0.39, 0.29) is 32.5 Å². The highest BCUT2D eigenvalue weighted by molar-refractivity contribution is 9.10. The molecule has 0 spiro atoms. The van der Waals surface area contributed by atoms with Crippen LogP contribution in [0, 0.1) is 0 Å². The molecule has 8 aromatic rings. The van der Waals surface area contributed by atoms with Gasteiger partial charge in [0, 0.05) is 31.6 Å². The van der Waals surface area contributed by atoms with Gasteiger partial charge in [0.15, 0.2) is 0 Å². The van der Waals surface area contributed by atoms with Crippen molar-refractivity contribution in [2.75, 3.05) is 0 Å². The average Bonchev–Trinajstić information content (AvgIpc) is 3.67. The lowest BCUT2D eigenvalue weighted by Gasteiger charge is -2.27. The Kier molecular flexibility index (Phi) is 10.5. The second-order valence-corrected chi connectivity index (χ2v) is 25.6. The smallest absolute Gasteiger partial charge is 0.0625 e. The standard InChI is InChI=1S/C60H71BrN2/c1-55(2,3)37-19-23-49-44(30-37)45-31-38(56(4,5)6)20-24-50(45)62(49)53-35-54(48(61)34-43(53)36-27-41(59(13,14)15)29-42(28-36)60(16,17)18)63-51-25-21-39(57(7,8)9)32-46(51)47-33-40(58(10,11)12)22-26-52(47)63/h19-35H,1-18H3. The van der Waals surface area contributed by atoms with Crippen LogP contribution in [0.3, 0.4) is 0 Å². The number of rotatable bonds is 3. The summed E-state index contributed by atoms with van der Waals surface area (Å²) in [6, 6.07) is 40.9. The van der Waals surface area contributed by atoms with Crippen LogP contribution in [0.5, 0.6) is 0 Å². The van der Waals surface area contributed by atoms with Gasteiger partial charge in [-0.2, -0.15) is 0 Å². The largest absolute Gasteiger partial charge is 0.309 e. The van der Waals surface area contributed by atoms with Gasteiger partial charge in [0.05, 0.1) is 33.4 Å². The number of hydrogen-bond acceptors (Lipinski definition) is 0. The molecule has 0 aliphatic heterocycles. The average molecular weight is 900 g/mol. The van der Waals surface area contributed by atoms with Gasteiger partial charge in [-0.1, -0.05) is 167 Å². The summed E-state index contributed by atoms with van der Waals surface area (Å²) >= 11 is 4.28. The maximum atomic E-state index is 4.28. The molecule has 0 bridgehead atoms. The first-order valence-electron chi connectivity index (χ1n) is 23.1. The molecule has 63 heavy (non-hydrogen) atoms. The summed E-state index contributed by atoms with van der Waals surface area (Å²) in [4.78, 5) is 0. The molecule has 2 heterocycles. The summed E-state index contributed by atoms with van der Waals surface area (Å²) in [6.45, 7) is 41.8. The SMILES string of the molecule is CC(C)(C)c1cc(-c2cc(Br)c(-n3c4ccc(C(C)(C)C)cc4c4cc(C(C)(C)C)ccc43)cc2-n2c3ccc(C(C)(C)C)cc3c3cc(C(C)(C)C)ccc32)cc(C(C)(C)C)c1. The lowest BCUT2D eigenvalue weighted by molar-refractivity contribution is 0.569. The second-order valence-electron chi connectivity index (χ2n) is 24.7. The zero-order valence-corrected chi connectivity index (χ0v) is 43.2. The molecule has 0 N–H and O–H groups in total. The summed E-state index contributed by atoms with van der Waals surface area (Å²) < 4.78 is 6.14. The third-order valence-electron chi connectivity index (χ3n) is 13.5. The highest BCUT2D eigenvalue weighted by atomic mass is 79.9. The number of nitrogens with zero attached hydrogens (tertiary/aromatic N) is 2. The van der Waals surface area contributed by atoms with E-state index in [1.54, 1.807) is 0 Å². The summed E-state index contributed by atoms with van der Waals surface area (Å²) in [5, 5.41) is 5.16. The quantitative estimate of drug-likeness (QED) is 0.167. The van der Waals surface area contributed by atoms with Crippen molar-refractivity contribution in [2.45, 2.75) is 157 Å². The van der Waals surface area contributed by atoms with Crippen LogP contribution in [-0.2, 0) is 32.5 Å². The number of halogens is 1. The number of fused-ring (bicyclic) bond motifs is 6. The predicted octanol–water partition coefficient (Wildman–Crippen LogP) is 18.1. The van der Waals surface area contributed by atoms with Crippen LogP contribution in [0.1, 0.15) is 158 Å². The van der Waals surface area contributed by atoms with Crippen molar-refractivity contribution in [3.8, 4) is 22.5 Å². The molecule has 0 amide bonds. The molecular formula is C60H71BrN2. The maximum absolute atomic E-state index is 4.28. The van der Waals surface area contributed by atoms with E-state index < -0.39 is 0 Å². The van der Waals surface area contributed by atoms with Crippen LogP contribution < -0.4 is 0 Å². The Morgan fingerprint density at radius 1 is 0.302 bits per heavy atom. The highest BCUT2D eigenvalue weighted by Gasteiger charge is 2.28. The summed E-state index contributed by atoms with van der Waals surface area (Å²) in [7, 11) is 0. The van der Waals surface area contributed by atoms with E-state index in [0.717, 1.165) is 10.2 Å². The van der Waals surface area contributed by atoms with Crippen molar-refractivity contribution in [3.05, 3.63) is 141 Å². The Morgan fingerprint density at radius 2 is 0.587 bits per heavy atom. The van der Waals surface area contributed by atoms with Crippen molar-refractivity contribution in [2.24, 2.45) is 0 Å². The fraction of sp³-hybridized carbons (Fsp3) is 0.400. The summed E-state index contributed by atoms with van der Waals surface area (Å²) in [5.74, 6) is 0. The molecule has 3 heteroatoms. The third-order valence-corrected chi connectivity index (χ3v) is 14.2.